The lowest BCUT2D eigenvalue weighted by atomic mass is 10.2. The fourth-order valence-corrected chi connectivity index (χ4v) is 2.69. The Bertz CT molecular complexity index is 355. The minimum atomic E-state index is 0.138. The molecule has 0 saturated heterocycles. The average molecular weight is 240 g/mol. The molecule has 90 valence electrons. The summed E-state index contributed by atoms with van der Waals surface area (Å²) in [5.74, 6) is 0.138. The highest BCUT2D eigenvalue weighted by Gasteiger charge is 2.15. The molecule has 0 radical (unpaired) electrons. The van der Waals surface area contributed by atoms with Gasteiger partial charge in [0.15, 0.2) is 5.13 Å². The van der Waals surface area contributed by atoms with Gasteiger partial charge < -0.3 is 10.6 Å². The lowest BCUT2D eigenvalue weighted by molar-refractivity contribution is 0.840. The van der Waals surface area contributed by atoms with E-state index >= 15 is 0 Å². The number of hydrogen-bond donors (Lipinski definition) is 2. The van der Waals surface area contributed by atoms with Crippen molar-refractivity contribution in [2.75, 3.05) is 18.0 Å². The van der Waals surface area contributed by atoms with Crippen LogP contribution in [0.2, 0.25) is 0 Å². The molecule has 0 spiro atoms. The first-order valence-electron chi connectivity index (χ1n) is 5.73. The summed E-state index contributed by atoms with van der Waals surface area (Å²) in [7, 11) is 0. The van der Waals surface area contributed by atoms with Crippen LogP contribution in [0, 0.1) is 5.41 Å². The maximum atomic E-state index is 7.55. The first-order valence-corrected chi connectivity index (χ1v) is 6.54. The van der Waals surface area contributed by atoms with E-state index < -0.39 is 0 Å². The molecule has 0 bridgehead atoms. The lowest BCUT2D eigenvalue weighted by Crippen LogP contribution is -2.21. The number of amidine groups is 1. The highest BCUT2D eigenvalue weighted by Crippen LogP contribution is 2.26. The van der Waals surface area contributed by atoms with Crippen molar-refractivity contribution in [1.29, 1.82) is 5.41 Å². The summed E-state index contributed by atoms with van der Waals surface area (Å²) in [5, 5.41) is 8.54. The van der Waals surface area contributed by atoms with E-state index in [0.717, 1.165) is 41.6 Å². The minimum absolute atomic E-state index is 0.138. The molecule has 16 heavy (non-hydrogen) atoms. The number of aryl methyl sites for hydroxylation is 1. The van der Waals surface area contributed by atoms with E-state index in [2.05, 4.69) is 30.7 Å². The highest BCUT2D eigenvalue weighted by molar-refractivity contribution is 7.17. The predicted octanol–water partition coefficient (Wildman–Crippen LogP) is 2.23. The highest BCUT2D eigenvalue weighted by atomic mass is 32.1. The van der Waals surface area contributed by atoms with Crippen LogP contribution in [0.5, 0.6) is 0 Å². The molecule has 0 aliphatic heterocycles. The summed E-state index contributed by atoms with van der Waals surface area (Å²) >= 11 is 1.53. The zero-order valence-electron chi connectivity index (χ0n) is 10.2. The van der Waals surface area contributed by atoms with Gasteiger partial charge >= 0.3 is 0 Å². The number of nitrogen functional groups attached to an aromatic ring is 1. The number of thiazole rings is 1. The van der Waals surface area contributed by atoms with E-state index in [9.17, 15) is 0 Å². The van der Waals surface area contributed by atoms with Crippen molar-refractivity contribution in [2.45, 2.75) is 33.6 Å². The van der Waals surface area contributed by atoms with Crippen LogP contribution in [0.1, 0.15) is 37.8 Å². The van der Waals surface area contributed by atoms with Crippen molar-refractivity contribution in [1.82, 2.24) is 4.98 Å². The van der Waals surface area contributed by atoms with Gasteiger partial charge in [0.25, 0.3) is 0 Å². The number of nitrogens with one attached hydrogen (secondary N) is 1. The molecule has 5 heteroatoms. The first kappa shape index (κ1) is 13.0. The van der Waals surface area contributed by atoms with Gasteiger partial charge in [-0.1, -0.05) is 24.7 Å². The molecule has 1 aromatic rings. The maximum absolute atomic E-state index is 7.55. The van der Waals surface area contributed by atoms with Crippen LogP contribution >= 0.6 is 11.3 Å². The minimum Gasteiger partial charge on any atom is -0.383 e. The van der Waals surface area contributed by atoms with Gasteiger partial charge in [0.2, 0.25) is 0 Å². The second kappa shape index (κ2) is 5.84. The van der Waals surface area contributed by atoms with E-state index in [4.69, 9.17) is 11.1 Å². The molecule has 3 N–H and O–H groups in total. The van der Waals surface area contributed by atoms with Gasteiger partial charge in [-0.15, -0.1) is 0 Å². The first-order chi connectivity index (χ1) is 7.63. The van der Waals surface area contributed by atoms with Crippen LogP contribution in [-0.2, 0) is 6.42 Å². The molecule has 4 nitrogen and oxygen atoms in total. The molecule has 0 fully saturated rings. The standard InChI is InChI=1S/C11H20N4S/c1-4-7-8-9(10(12)13)16-11(14-8)15(5-2)6-3/h4-7H2,1-3H3,(H3,12,13). The third-order valence-electron chi connectivity index (χ3n) is 2.45. The third-order valence-corrected chi connectivity index (χ3v) is 3.64. The van der Waals surface area contributed by atoms with Crippen LogP contribution < -0.4 is 10.6 Å². The second-order valence-corrected chi connectivity index (χ2v) is 4.59. The van der Waals surface area contributed by atoms with Gasteiger partial charge in [-0.2, -0.15) is 0 Å². The second-order valence-electron chi connectivity index (χ2n) is 3.61. The fraction of sp³-hybridized carbons (Fsp3) is 0.636. The Morgan fingerprint density at radius 1 is 1.38 bits per heavy atom. The number of nitrogens with zero attached hydrogens (tertiary/aromatic N) is 2. The Kier molecular flexibility index (Phi) is 4.73. The predicted molar refractivity (Wildman–Crippen MR) is 70.7 cm³/mol. The Hall–Kier alpha value is -1.10. The summed E-state index contributed by atoms with van der Waals surface area (Å²) in [4.78, 5) is 7.61. The molecule has 0 aliphatic carbocycles. The normalized spacial score (nSPS) is 10.4. The molecule has 0 aliphatic rings. The summed E-state index contributed by atoms with van der Waals surface area (Å²) < 4.78 is 0. The van der Waals surface area contributed by atoms with Crippen molar-refractivity contribution in [2.24, 2.45) is 5.73 Å². The molecule has 1 aromatic heterocycles. The molecule has 0 saturated carbocycles. The van der Waals surface area contributed by atoms with Crippen molar-refractivity contribution < 1.29 is 0 Å². The van der Waals surface area contributed by atoms with Crippen molar-refractivity contribution >= 4 is 22.3 Å². The third kappa shape index (κ3) is 2.72. The van der Waals surface area contributed by atoms with Crippen LogP contribution in [0.3, 0.4) is 0 Å². The molecular weight excluding hydrogens is 220 g/mol. The molecular formula is C11H20N4S. The molecule has 0 atom stereocenters. The van der Waals surface area contributed by atoms with Crippen molar-refractivity contribution in [3.05, 3.63) is 10.6 Å². The van der Waals surface area contributed by atoms with Gasteiger partial charge in [-0.25, -0.2) is 4.98 Å². The van der Waals surface area contributed by atoms with Gasteiger partial charge in [-0.3, -0.25) is 5.41 Å². The summed E-state index contributed by atoms with van der Waals surface area (Å²) in [6.07, 6.45) is 1.92. The number of aromatic nitrogens is 1. The molecule has 0 amide bonds. The van der Waals surface area contributed by atoms with Gasteiger partial charge in [0.05, 0.1) is 10.6 Å². The Morgan fingerprint density at radius 3 is 2.44 bits per heavy atom. The number of nitrogens with two attached hydrogens (primary N) is 1. The Labute approximate surface area is 101 Å². The van der Waals surface area contributed by atoms with Crippen LogP contribution in [0.25, 0.3) is 0 Å². The van der Waals surface area contributed by atoms with E-state index in [-0.39, 0.29) is 5.84 Å². The van der Waals surface area contributed by atoms with Crippen LogP contribution in [-0.4, -0.2) is 23.9 Å². The molecule has 0 unspecified atom stereocenters. The van der Waals surface area contributed by atoms with Crippen LogP contribution in [0.4, 0.5) is 5.13 Å². The van der Waals surface area contributed by atoms with E-state index in [1.54, 1.807) is 0 Å². The molecule has 1 heterocycles. The van der Waals surface area contributed by atoms with E-state index in [1.165, 1.54) is 11.3 Å². The zero-order chi connectivity index (χ0) is 12.1. The van der Waals surface area contributed by atoms with E-state index in [1.807, 2.05) is 0 Å². The van der Waals surface area contributed by atoms with Gasteiger partial charge in [-0.05, 0) is 20.3 Å². The zero-order valence-corrected chi connectivity index (χ0v) is 11.0. The maximum Gasteiger partial charge on any atom is 0.186 e. The van der Waals surface area contributed by atoms with Crippen molar-refractivity contribution in [3.63, 3.8) is 0 Å². The summed E-state index contributed by atoms with van der Waals surface area (Å²) in [6.45, 7) is 8.20. The van der Waals surface area contributed by atoms with Crippen LogP contribution in [0.15, 0.2) is 0 Å². The number of hydrogen-bond acceptors (Lipinski definition) is 4. The molecule has 0 aromatic carbocycles. The molecule has 1 rings (SSSR count). The van der Waals surface area contributed by atoms with Gasteiger partial charge in [0.1, 0.15) is 5.84 Å². The van der Waals surface area contributed by atoms with E-state index in [0.29, 0.717) is 0 Å². The number of anilines is 1. The SMILES string of the molecule is CCCc1nc(N(CC)CC)sc1C(=N)N. The topological polar surface area (TPSA) is 66.0 Å². The van der Waals surface area contributed by atoms with Crippen molar-refractivity contribution in [3.8, 4) is 0 Å². The smallest absolute Gasteiger partial charge is 0.186 e. The monoisotopic (exact) mass is 240 g/mol. The Morgan fingerprint density at radius 2 is 2.00 bits per heavy atom. The summed E-state index contributed by atoms with van der Waals surface area (Å²) in [6, 6.07) is 0. The summed E-state index contributed by atoms with van der Waals surface area (Å²) in [5.41, 5.74) is 6.55. The quantitative estimate of drug-likeness (QED) is 0.592. The number of rotatable bonds is 6. The lowest BCUT2D eigenvalue weighted by Gasteiger charge is -2.16. The fourth-order valence-electron chi connectivity index (χ4n) is 1.59. The average Bonchev–Trinajstić information content (AvgIpc) is 2.65. The largest absolute Gasteiger partial charge is 0.383 e. The van der Waals surface area contributed by atoms with Gasteiger partial charge in [0, 0.05) is 13.1 Å². The Balaban J connectivity index is 3.04.